The Morgan fingerprint density at radius 2 is 1.71 bits per heavy atom. The van der Waals surface area contributed by atoms with Crippen LogP contribution in [0.4, 0.5) is 0 Å². The molecule has 28 heavy (non-hydrogen) atoms. The van der Waals surface area contributed by atoms with Gasteiger partial charge in [-0.2, -0.15) is 0 Å². The molecule has 146 valence electrons. The molecule has 1 N–H and O–H groups in total. The summed E-state index contributed by atoms with van der Waals surface area (Å²) >= 11 is 0. The van der Waals surface area contributed by atoms with Crippen molar-refractivity contribution in [2.45, 2.75) is 64.3 Å². The molecule has 2 aromatic heterocycles. The Morgan fingerprint density at radius 1 is 0.964 bits per heavy atom. The number of nitrogens with one attached hydrogen (secondary N) is 1. The van der Waals surface area contributed by atoms with Crippen molar-refractivity contribution in [2.24, 2.45) is 5.41 Å². The normalized spacial score (nSPS) is 26.1. The van der Waals surface area contributed by atoms with Gasteiger partial charge >= 0.3 is 0 Å². The third-order valence-electron chi connectivity index (χ3n) is 6.45. The lowest BCUT2D eigenvalue weighted by Gasteiger charge is -2.39. The predicted octanol–water partition coefficient (Wildman–Crippen LogP) is 3.73. The molecule has 0 aromatic carbocycles. The number of pyridine rings is 2. The van der Waals surface area contributed by atoms with Crippen molar-refractivity contribution < 1.29 is 9.59 Å². The van der Waals surface area contributed by atoms with Crippen molar-refractivity contribution in [1.82, 2.24) is 15.3 Å². The summed E-state index contributed by atoms with van der Waals surface area (Å²) in [6.45, 7) is 3.83. The minimum Gasteiger partial charge on any atom is -0.345 e. The molecule has 2 fully saturated rings. The molecule has 0 spiro atoms. The lowest BCUT2D eigenvalue weighted by atomic mass is 9.69. The van der Waals surface area contributed by atoms with Gasteiger partial charge in [-0.3, -0.25) is 14.6 Å². The number of nitrogens with zero attached hydrogens (tertiary/aromatic N) is 2. The number of hydrogen-bond donors (Lipinski definition) is 1. The van der Waals surface area contributed by atoms with E-state index in [0.717, 1.165) is 55.6 Å². The van der Waals surface area contributed by atoms with E-state index in [4.69, 9.17) is 0 Å². The molecule has 2 saturated carbocycles. The van der Waals surface area contributed by atoms with Gasteiger partial charge in [0.1, 0.15) is 11.5 Å². The van der Waals surface area contributed by atoms with Crippen molar-refractivity contribution in [1.29, 1.82) is 0 Å². The molecule has 5 heteroatoms. The summed E-state index contributed by atoms with van der Waals surface area (Å²) in [5.74, 6) is 0.143. The van der Waals surface area contributed by atoms with Gasteiger partial charge in [-0.1, -0.05) is 18.6 Å². The number of fused-ring (bicyclic) bond motifs is 2. The van der Waals surface area contributed by atoms with Crippen LogP contribution in [0.2, 0.25) is 0 Å². The number of hydrogen-bond acceptors (Lipinski definition) is 4. The van der Waals surface area contributed by atoms with E-state index in [-0.39, 0.29) is 22.6 Å². The van der Waals surface area contributed by atoms with E-state index < -0.39 is 0 Å². The molecule has 4 rings (SSSR count). The molecular weight excluding hydrogens is 350 g/mol. The highest BCUT2D eigenvalue weighted by Gasteiger charge is 2.54. The van der Waals surface area contributed by atoms with E-state index in [2.05, 4.69) is 15.3 Å². The average molecular weight is 377 g/mol. The van der Waals surface area contributed by atoms with Crippen LogP contribution >= 0.6 is 0 Å². The number of amides is 1. The standard InChI is InChI=1S/C23H27N3O2/c1-16-6-3-8-18(24-16)14-20(27)22-10-5-11-23(15-22,13-12-22)26-21(28)19-9-4-7-17(2)25-19/h3-4,6-9H,5,10-15H2,1-2H3,(H,26,28). The number of aryl methyl sites for hydroxylation is 2. The molecule has 0 saturated heterocycles. The maximum Gasteiger partial charge on any atom is 0.270 e. The Labute approximate surface area is 166 Å². The van der Waals surface area contributed by atoms with E-state index >= 15 is 0 Å². The van der Waals surface area contributed by atoms with Crippen LogP contribution in [0, 0.1) is 19.3 Å². The number of Topliss-reactive ketones (excluding diaryl/α,β-unsaturated/α-hetero) is 1. The monoisotopic (exact) mass is 377 g/mol. The first-order chi connectivity index (χ1) is 13.4. The van der Waals surface area contributed by atoms with Crippen LogP contribution < -0.4 is 5.32 Å². The maximum atomic E-state index is 13.2. The molecule has 0 aliphatic heterocycles. The predicted molar refractivity (Wildman–Crippen MR) is 107 cm³/mol. The number of carbonyl (C=O) groups is 2. The van der Waals surface area contributed by atoms with Crippen LogP contribution in [0.1, 0.15) is 66.1 Å². The Kier molecular flexibility index (Phi) is 4.77. The first kappa shape index (κ1) is 18.8. The van der Waals surface area contributed by atoms with Gasteiger partial charge in [-0.25, -0.2) is 4.98 Å². The molecular formula is C23H27N3O2. The minimum absolute atomic E-state index is 0.130. The summed E-state index contributed by atoms with van der Waals surface area (Å²) in [4.78, 5) is 34.9. The van der Waals surface area contributed by atoms with Gasteiger partial charge in [0, 0.05) is 34.5 Å². The number of aromatic nitrogens is 2. The van der Waals surface area contributed by atoms with E-state index in [9.17, 15) is 9.59 Å². The Bertz CT molecular complexity index is 926. The fourth-order valence-electron chi connectivity index (χ4n) is 5.07. The summed E-state index contributed by atoms with van der Waals surface area (Å²) in [5.41, 5.74) is 2.46. The van der Waals surface area contributed by atoms with Gasteiger partial charge in [-0.15, -0.1) is 0 Å². The summed E-state index contributed by atoms with van der Waals surface area (Å²) in [7, 11) is 0. The van der Waals surface area contributed by atoms with Crippen LogP contribution in [0.3, 0.4) is 0 Å². The second kappa shape index (κ2) is 7.12. The largest absolute Gasteiger partial charge is 0.345 e. The molecule has 5 nitrogen and oxygen atoms in total. The van der Waals surface area contributed by atoms with Gasteiger partial charge in [0.15, 0.2) is 0 Å². The van der Waals surface area contributed by atoms with E-state index in [1.807, 2.05) is 44.2 Å². The molecule has 2 bridgehead atoms. The molecule has 2 unspecified atom stereocenters. The zero-order chi connectivity index (χ0) is 19.8. The number of carbonyl (C=O) groups excluding carboxylic acids is 2. The SMILES string of the molecule is Cc1cccc(CC(=O)C23CCCC(NC(=O)c4cccc(C)n4)(CC2)C3)n1. The molecule has 2 aliphatic rings. The molecule has 2 atom stereocenters. The van der Waals surface area contributed by atoms with Crippen LogP contribution in [0.15, 0.2) is 36.4 Å². The first-order valence-corrected chi connectivity index (χ1v) is 10.1. The highest BCUT2D eigenvalue weighted by atomic mass is 16.2. The van der Waals surface area contributed by atoms with Crippen molar-refractivity contribution in [2.75, 3.05) is 0 Å². The summed E-state index contributed by atoms with van der Waals surface area (Å²) in [6, 6.07) is 11.3. The fourth-order valence-corrected chi connectivity index (χ4v) is 5.07. The van der Waals surface area contributed by atoms with Crippen LogP contribution in [0.25, 0.3) is 0 Å². The van der Waals surface area contributed by atoms with Crippen molar-refractivity contribution in [3.05, 3.63) is 59.2 Å². The second-order valence-corrected chi connectivity index (χ2v) is 8.58. The quantitative estimate of drug-likeness (QED) is 0.862. The van der Waals surface area contributed by atoms with Crippen LogP contribution in [-0.2, 0) is 11.2 Å². The topological polar surface area (TPSA) is 72.0 Å². The lowest BCUT2D eigenvalue weighted by molar-refractivity contribution is -0.129. The summed E-state index contributed by atoms with van der Waals surface area (Å²) in [6.07, 6.45) is 5.64. The van der Waals surface area contributed by atoms with Gasteiger partial charge in [0.25, 0.3) is 5.91 Å². The van der Waals surface area contributed by atoms with Crippen molar-refractivity contribution in [3.63, 3.8) is 0 Å². The van der Waals surface area contributed by atoms with Crippen LogP contribution in [-0.4, -0.2) is 27.2 Å². The third kappa shape index (κ3) is 3.58. The van der Waals surface area contributed by atoms with Crippen molar-refractivity contribution in [3.8, 4) is 0 Å². The Morgan fingerprint density at radius 3 is 2.46 bits per heavy atom. The Balaban J connectivity index is 1.49. The molecule has 2 aromatic rings. The minimum atomic E-state index is -0.322. The van der Waals surface area contributed by atoms with Crippen molar-refractivity contribution >= 4 is 11.7 Å². The molecule has 2 heterocycles. The van der Waals surface area contributed by atoms with Gasteiger partial charge in [-0.05, 0) is 70.2 Å². The lowest BCUT2D eigenvalue weighted by Crippen LogP contribution is -2.50. The van der Waals surface area contributed by atoms with E-state index in [1.54, 1.807) is 6.07 Å². The third-order valence-corrected chi connectivity index (χ3v) is 6.45. The van der Waals surface area contributed by atoms with E-state index in [1.165, 1.54) is 0 Å². The highest BCUT2D eigenvalue weighted by Crippen LogP contribution is 2.54. The smallest absolute Gasteiger partial charge is 0.270 e. The molecule has 2 aliphatic carbocycles. The summed E-state index contributed by atoms with van der Waals surface area (Å²) < 4.78 is 0. The van der Waals surface area contributed by atoms with Gasteiger partial charge < -0.3 is 5.32 Å². The number of ketones is 1. The van der Waals surface area contributed by atoms with Gasteiger partial charge in [0.05, 0.1) is 0 Å². The average Bonchev–Trinajstić information content (AvgIpc) is 2.93. The zero-order valence-corrected chi connectivity index (χ0v) is 16.6. The fraction of sp³-hybridized carbons (Fsp3) is 0.478. The van der Waals surface area contributed by atoms with Crippen LogP contribution in [0.5, 0.6) is 0 Å². The summed E-state index contributed by atoms with van der Waals surface area (Å²) in [5, 5.41) is 3.25. The first-order valence-electron chi connectivity index (χ1n) is 10.1. The number of rotatable bonds is 5. The highest BCUT2D eigenvalue weighted by molar-refractivity contribution is 5.93. The Hall–Kier alpha value is -2.56. The molecule has 1 amide bonds. The van der Waals surface area contributed by atoms with Gasteiger partial charge in [0.2, 0.25) is 0 Å². The molecule has 0 radical (unpaired) electrons. The van der Waals surface area contributed by atoms with E-state index in [0.29, 0.717) is 12.1 Å². The maximum absolute atomic E-state index is 13.2. The zero-order valence-electron chi connectivity index (χ0n) is 16.6. The second-order valence-electron chi connectivity index (χ2n) is 8.58.